The van der Waals surface area contributed by atoms with Crippen LogP contribution in [-0.4, -0.2) is 343 Å². The minimum atomic E-state index is -2.00. The van der Waals surface area contributed by atoms with Crippen LogP contribution in [0.25, 0.3) is 73.1 Å². The van der Waals surface area contributed by atoms with E-state index in [0.29, 0.717) is 0 Å². The van der Waals surface area contributed by atoms with Crippen molar-refractivity contribution in [2.24, 2.45) is 35.8 Å². The van der Waals surface area contributed by atoms with Crippen molar-refractivity contribution in [3.05, 3.63) is 162 Å². The summed E-state index contributed by atoms with van der Waals surface area (Å²) in [4.78, 5) is 20.2. The number of aliphatic hydroxyl groups excluding tert-OH is 7. The van der Waals surface area contributed by atoms with Crippen molar-refractivity contribution in [2.75, 3.05) is 92.1 Å². The number of fused-ring (bicyclic) bond motifs is 7. The zero-order chi connectivity index (χ0) is 80.8. The molecule has 0 saturated carbocycles. The van der Waals surface area contributed by atoms with Crippen molar-refractivity contribution in [1.29, 1.82) is 0 Å². The van der Waals surface area contributed by atoms with E-state index in [1.165, 1.54) is 42.5 Å². The average Bonchev–Trinajstić information content (AvgIpc) is 0.772. The molecule has 0 spiro atoms. The van der Waals surface area contributed by atoms with Gasteiger partial charge < -0.3 is 135 Å². The molecule has 0 radical (unpaired) electrons. The molecule has 15 saturated heterocycles. The first-order chi connectivity index (χ1) is 54.4. The first kappa shape index (κ1) is 89.8. The van der Waals surface area contributed by atoms with E-state index in [-0.39, 0.29) is 46.2 Å². The Morgan fingerprint density at radius 3 is 0.438 bits per heavy atom. The Morgan fingerprint density at radius 1 is 0.223 bits per heavy atom. The largest absolute Gasteiger partial charge is 0.387 e. The lowest BCUT2D eigenvalue weighted by atomic mass is 9.94. The monoisotopic (exact) mass is 1590 g/mol. The Morgan fingerprint density at radius 2 is 0.339 bits per heavy atom. The van der Waals surface area contributed by atoms with E-state index in [0.717, 1.165) is 0 Å². The van der Waals surface area contributed by atoms with Gasteiger partial charge in [0.15, 0.2) is 44.0 Å². The highest BCUT2D eigenvalue weighted by atomic mass is 16.8. The van der Waals surface area contributed by atoms with Crippen molar-refractivity contribution in [2.45, 2.75) is 215 Å². The molecule has 0 amide bonds. The van der Waals surface area contributed by atoms with E-state index in [4.69, 9.17) is 99.5 Å². The van der Waals surface area contributed by atoms with E-state index >= 15 is 0 Å². The molecule has 15 aliphatic heterocycles. The van der Waals surface area contributed by atoms with Crippen LogP contribution >= 0.6 is 0 Å². The highest BCUT2D eigenvalue weighted by Gasteiger charge is 2.61. The van der Waals surface area contributed by atoms with Crippen molar-refractivity contribution >= 4 is 0 Å². The number of ether oxygens (including phenoxy) is 21. The standard InChI is InChI=1S/C63H91N21O28/c1-8-15-92-50-36(85)43-29(22-71-78-64)99-57(50)106-44-30(23-72-79-65)100-59(51(37(44)86)93-16-9-2)108-46-32(25-74-81-67)102-61(53(39(46)88)95-18-11-4)110-48-34(27-76-83-69)104-63(55(41(48)90)97-20-13-6)112-49-35(28-77-84-70)105-62(56(42(49)91)98-21-14-7)111-47-33(26-75-82-68)103-60(54(40(47)89)96-19-12-5)109-45-31(24-73-80-66)101-58(107-43)52(38(45)87)94-17-10-3/h8-14,29-63,85-91H,1-7,15-28H2/t29-,30-,31-,32-,33-,34-,35-,36-,37+,38+,39+,40+,41+,42+,43-,44-,45-,46-,47-,48-,49-,50-,51-,52-,53-,54-,55-,56-,57-,58-,59-,60-,61-,62-,63-/m1/s1. The molecule has 0 aromatic rings. The molecule has 112 heavy (non-hydrogen) atoms. The number of azide groups is 7. The lowest BCUT2D eigenvalue weighted by Gasteiger charge is -2.51. The van der Waals surface area contributed by atoms with Gasteiger partial charge in [-0.3, -0.25) is 0 Å². The van der Waals surface area contributed by atoms with Gasteiger partial charge in [0, 0.05) is 34.4 Å². The fourth-order valence-electron chi connectivity index (χ4n) is 13.6. The summed E-state index contributed by atoms with van der Waals surface area (Å²) in [5.74, 6) is 0. The molecule has 15 rings (SSSR count). The smallest absolute Gasteiger partial charge is 0.187 e. The van der Waals surface area contributed by atoms with Gasteiger partial charge in [0.05, 0.1) is 135 Å². The maximum atomic E-state index is 12.7. The Hall–Kier alpha value is -7.77. The van der Waals surface area contributed by atoms with Crippen molar-refractivity contribution in [3.8, 4) is 0 Å². The van der Waals surface area contributed by atoms with Crippen LogP contribution in [0, 0.1) is 0 Å². The topological polar surface area (TPSA) is 677 Å². The SMILES string of the molecule is C=CCO[C@H]1[C@H]2O[C@H]3[C@H](O)[C@@H](OCC=C)[C@@H](O[C@H]4[C@H](O)[C@@H](OCC=C)[C@@H](O[C@H]5[C@@H](O)[C@@H](OCC=C)[C@@H](O[C@H]6[C@H](O)[C@@H](OCC=C)[C@@H](O[C@H]7[C@H](O)[C@@H](OCC=C)[C@@H](O[C@H]8[C@H](O)[C@@H](OCC=C)[C@@H](O[C@@H]([C@@H]1O)[C@@H](CN=[N+]=[N-])O2)O[C@@H]8CN=[N+]=[N-])O[C@@H]7CN=[N+]=[N-])O[C@@H]6CN=[N+]=[N-])O[C@@H]5CN=[N+]=[N-])O[C@@H]4CN=[N+]=[N-])O[C@@H]3CN=[N+]=[N-]. The molecular formula is C63H91N21O28. The van der Waals surface area contributed by atoms with Crippen LogP contribution in [0.15, 0.2) is 124 Å². The summed E-state index contributed by atoms with van der Waals surface area (Å²) in [5.41, 5.74) is 68.5. The molecule has 49 nitrogen and oxygen atoms in total. The Bertz CT molecular complexity index is 2830. The number of rotatable bonds is 35. The molecule has 0 unspecified atom stereocenters. The van der Waals surface area contributed by atoms with Gasteiger partial charge in [0.1, 0.15) is 128 Å². The predicted molar refractivity (Wildman–Crippen MR) is 374 cm³/mol. The quantitative estimate of drug-likeness (QED) is 0.0207. The second-order valence-electron chi connectivity index (χ2n) is 25.4. The van der Waals surface area contributed by atoms with Crippen molar-refractivity contribution in [3.63, 3.8) is 0 Å². The van der Waals surface area contributed by atoms with Crippen molar-refractivity contribution in [1.82, 2.24) is 0 Å². The fraction of sp³-hybridized carbons (Fsp3) is 0.778. The third kappa shape index (κ3) is 22.4. The lowest BCUT2D eigenvalue weighted by Crippen LogP contribution is -2.69. The average molecular weight is 1590 g/mol. The number of aliphatic hydroxyl groups is 7. The Labute approximate surface area is 637 Å². The highest BCUT2D eigenvalue weighted by molar-refractivity contribution is 5.05. The summed E-state index contributed by atoms with van der Waals surface area (Å²) >= 11 is 0. The third-order valence-corrected chi connectivity index (χ3v) is 18.5. The molecule has 15 fully saturated rings. The Balaban J connectivity index is 1.31. The number of hydrogen-bond donors (Lipinski definition) is 7. The first-order valence-corrected chi connectivity index (χ1v) is 35.0. The van der Waals surface area contributed by atoms with E-state index in [9.17, 15) is 74.5 Å². The van der Waals surface area contributed by atoms with Gasteiger partial charge in [0.25, 0.3) is 0 Å². The highest BCUT2D eigenvalue weighted by Crippen LogP contribution is 2.42. The van der Waals surface area contributed by atoms with Gasteiger partial charge >= 0.3 is 0 Å². The van der Waals surface area contributed by atoms with E-state index in [1.807, 2.05) is 0 Å². The lowest BCUT2D eigenvalue weighted by molar-refractivity contribution is -0.396. The molecule has 35 atom stereocenters. The van der Waals surface area contributed by atoms with Crippen LogP contribution in [0.2, 0.25) is 0 Å². The molecule has 49 heteroatoms. The zero-order valence-corrected chi connectivity index (χ0v) is 60.2. The molecule has 15 heterocycles. The summed E-state index contributed by atoms with van der Waals surface area (Å²) in [7, 11) is 0. The fourth-order valence-corrected chi connectivity index (χ4v) is 13.6. The zero-order valence-electron chi connectivity index (χ0n) is 60.2. The minimum Gasteiger partial charge on any atom is -0.387 e. The molecule has 616 valence electrons. The van der Waals surface area contributed by atoms with Crippen LogP contribution in [0.4, 0.5) is 0 Å². The van der Waals surface area contributed by atoms with E-state index < -0.39 is 261 Å². The van der Waals surface area contributed by atoms with Gasteiger partial charge in [-0.1, -0.05) is 78.3 Å². The number of hydrogen-bond acceptors (Lipinski definition) is 35. The van der Waals surface area contributed by atoms with Gasteiger partial charge in [-0.05, 0) is 38.7 Å². The predicted octanol–water partition coefficient (Wildman–Crippen LogP) is 2.47. The second kappa shape index (κ2) is 45.9. The normalized spacial score (nSPS) is 40.7. The third-order valence-electron chi connectivity index (χ3n) is 18.5. The maximum absolute atomic E-state index is 12.7. The van der Waals surface area contributed by atoms with Crippen LogP contribution in [0.5, 0.6) is 0 Å². The van der Waals surface area contributed by atoms with Gasteiger partial charge in [-0.2, -0.15) is 0 Å². The summed E-state index contributed by atoms with van der Waals surface area (Å²) in [6.45, 7) is 18.6. The van der Waals surface area contributed by atoms with Crippen LogP contribution in [0.3, 0.4) is 0 Å². The van der Waals surface area contributed by atoms with Gasteiger partial charge in [0.2, 0.25) is 0 Å². The van der Waals surface area contributed by atoms with E-state index in [1.54, 1.807) is 0 Å². The minimum absolute atomic E-state index is 0.367. The maximum Gasteiger partial charge on any atom is 0.187 e. The molecule has 0 aromatic heterocycles. The van der Waals surface area contributed by atoms with Gasteiger partial charge in [-0.15, -0.1) is 46.1 Å². The van der Waals surface area contributed by atoms with Crippen LogP contribution in [0.1, 0.15) is 0 Å². The van der Waals surface area contributed by atoms with Crippen molar-refractivity contribution < 1.29 is 135 Å². The van der Waals surface area contributed by atoms with E-state index in [2.05, 4.69) is 116 Å². The summed E-state index contributed by atoms with van der Waals surface area (Å²) in [5, 5.41) is 115. The summed E-state index contributed by atoms with van der Waals surface area (Å²) in [6, 6.07) is 0. The summed E-state index contributed by atoms with van der Waals surface area (Å²) < 4.78 is 134. The summed E-state index contributed by atoms with van der Waals surface area (Å²) in [6.07, 6.45) is -54.5. The second-order valence-corrected chi connectivity index (χ2v) is 25.4. The molecule has 0 aliphatic carbocycles. The van der Waals surface area contributed by atoms with Crippen LogP contribution < -0.4 is 0 Å². The molecule has 14 bridgehead atoms. The first-order valence-electron chi connectivity index (χ1n) is 35.0. The molecule has 7 N–H and O–H groups in total. The molecular weight excluding hydrogens is 1500 g/mol. The van der Waals surface area contributed by atoms with Gasteiger partial charge in [-0.25, -0.2) is 0 Å². The molecule has 0 aromatic carbocycles. The number of nitrogens with zero attached hydrogens (tertiary/aromatic N) is 21. The Kier molecular flexibility index (Phi) is 36.8. The molecule has 15 aliphatic rings. The van der Waals surface area contributed by atoms with Crippen LogP contribution in [-0.2, 0) is 99.5 Å².